The van der Waals surface area contributed by atoms with E-state index in [-0.39, 0.29) is 0 Å². The van der Waals surface area contributed by atoms with Crippen molar-refractivity contribution in [3.05, 3.63) is 11.5 Å². The van der Waals surface area contributed by atoms with E-state index in [1.807, 2.05) is 0 Å². The largest absolute Gasteiger partial charge is 0.588 e. The molecule has 0 aromatic carbocycles. The lowest BCUT2D eigenvalue weighted by Gasteiger charge is -2.13. The summed E-state index contributed by atoms with van der Waals surface area (Å²) in [5, 5.41) is 0. The van der Waals surface area contributed by atoms with Crippen LogP contribution in [0.25, 0.3) is 0 Å². The molecule has 0 spiro atoms. The summed E-state index contributed by atoms with van der Waals surface area (Å²) >= 11 is 0. The van der Waals surface area contributed by atoms with Crippen LogP contribution in [-0.4, -0.2) is 25.1 Å². The van der Waals surface area contributed by atoms with Gasteiger partial charge in [0, 0.05) is 0 Å². The van der Waals surface area contributed by atoms with Crippen LogP contribution in [0.2, 0.25) is 0 Å². The summed E-state index contributed by atoms with van der Waals surface area (Å²) < 4.78 is 129. The summed E-state index contributed by atoms with van der Waals surface area (Å²) in [5.74, 6) is -5.73. The highest BCUT2D eigenvalue weighted by atomic mass is 31.2. The maximum absolute atomic E-state index is 12.2. The normalized spacial score (nSPS) is 19.9. The van der Waals surface area contributed by atoms with Gasteiger partial charge >= 0.3 is 26.4 Å². The molecule has 0 saturated carbocycles. The van der Waals surface area contributed by atoms with Gasteiger partial charge < -0.3 is 9.05 Å². The van der Waals surface area contributed by atoms with E-state index >= 15 is 0 Å². The van der Waals surface area contributed by atoms with Gasteiger partial charge in [-0.2, -0.15) is 39.5 Å². The molecule has 0 saturated heterocycles. The Morgan fingerprint density at radius 1 is 0.850 bits per heavy atom. The van der Waals surface area contributed by atoms with Crippen molar-refractivity contribution in [3.8, 4) is 0 Å². The number of hydrogen-bond acceptors (Lipinski definition) is 4. The number of allylic oxidation sites excluding steroid dienone is 2. The molecule has 1 aliphatic rings. The third kappa shape index (κ3) is 4.20. The Balaban J connectivity index is 3.01. The first-order chi connectivity index (χ1) is 8.64. The molecule has 14 heteroatoms. The van der Waals surface area contributed by atoms with E-state index in [0.717, 1.165) is 0 Å². The molecule has 1 heterocycles. The second-order valence-corrected chi connectivity index (χ2v) is 4.69. The van der Waals surface area contributed by atoms with Crippen molar-refractivity contribution in [2.45, 2.75) is 18.5 Å². The molecule has 0 atom stereocenters. The molecular weight excluding hydrogens is 338 g/mol. The Morgan fingerprint density at radius 2 is 1.20 bits per heavy atom. The number of hydrogen-bond donors (Lipinski definition) is 0. The summed E-state index contributed by atoms with van der Waals surface area (Å²) in [6.45, 7) is -2.42. The number of phosphoric ester groups is 1. The van der Waals surface area contributed by atoms with Crippen LogP contribution < -0.4 is 0 Å². The van der Waals surface area contributed by atoms with Crippen LogP contribution in [0.3, 0.4) is 0 Å². The summed E-state index contributed by atoms with van der Waals surface area (Å²) in [7, 11) is -5.71. The third-order valence-electron chi connectivity index (χ3n) is 1.51. The fraction of sp³-hybridized carbons (Fsp3) is 0.667. The smallest absolute Gasteiger partial charge is 0.386 e. The van der Waals surface area contributed by atoms with Crippen molar-refractivity contribution in [2.75, 3.05) is 6.61 Å². The first-order valence-corrected chi connectivity index (χ1v) is 5.69. The predicted octanol–water partition coefficient (Wildman–Crippen LogP) is 4.06. The molecule has 0 fully saturated rings. The molecule has 4 nitrogen and oxygen atoms in total. The van der Waals surface area contributed by atoms with Crippen molar-refractivity contribution in [1.82, 2.24) is 0 Å². The predicted molar refractivity (Wildman–Crippen MR) is 40.9 cm³/mol. The van der Waals surface area contributed by atoms with Crippen LogP contribution in [0.5, 0.6) is 0 Å². The zero-order valence-corrected chi connectivity index (χ0v) is 9.58. The second-order valence-electron chi connectivity index (χ2n) is 3.17. The van der Waals surface area contributed by atoms with Crippen molar-refractivity contribution in [3.63, 3.8) is 0 Å². The van der Waals surface area contributed by atoms with E-state index in [1.165, 1.54) is 0 Å². The number of phosphoric acid groups is 1. The van der Waals surface area contributed by atoms with E-state index in [0.29, 0.717) is 0 Å². The monoisotopic (exact) mass is 340 g/mol. The van der Waals surface area contributed by atoms with Gasteiger partial charge in [0.05, 0.1) is 0 Å². The zero-order valence-electron chi connectivity index (χ0n) is 8.69. The van der Waals surface area contributed by atoms with Gasteiger partial charge in [0.15, 0.2) is 6.61 Å². The van der Waals surface area contributed by atoms with Crippen LogP contribution in [0.1, 0.15) is 0 Å². The first-order valence-electron chi connectivity index (χ1n) is 4.23. The van der Waals surface area contributed by atoms with Crippen LogP contribution in [-0.2, 0) is 18.1 Å². The van der Waals surface area contributed by atoms with Crippen molar-refractivity contribution in [1.29, 1.82) is 0 Å². The average Bonchev–Trinajstić information content (AvgIpc) is 2.53. The summed E-state index contributed by atoms with van der Waals surface area (Å²) in [6.07, 6.45) is -16.7. The van der Waals surface area contributed by atoms with Gasteiger partial charge in [0.1, 0.15) is 0 Å². The maximum Gasteiger partial charge on any atom is 0.588 e. The van der Waals surface area contributed by atoms with Crippen molar-refractivity contribution in [2.24, 2.45) is 0 Å². The Morgan fingerprint density at radius 3 is 1.45 bits per heavy atom. The summed E-state index contributed by atoms with van der Waals surface area (Å²) in [6, 6.07) is 0. The van der Waals surface area contributed by atoms with E-state index < -0.39 is 44.5 Å². The molecule has 0 aromatic rings. The lowest BCUT2D eigenvalue weighted by atomic mass is 10.4. The van der Waals surface area contributed by atoms with E-state index in [2.05, 4.69) is 13.6 Å². The molecular formula is C6H2F9O4P. The minimum Gasteiger partial charge on any atom is -0.386 e. The second kappa shape index (κ2) is 4.72. The number of halogens is 9. The third-order valence-corrected chi connectivity index (χ3v) is 2.77. The van der Waals surface area contributed by atoms with Crippen molar-refractivity contribution >= 4 is 7.82 Å². The standard InChI is InChI=1S/C6H2F9O4P/c7-4(8,9)1-17-20(16)18-2(5(10,11)12)3(19-20)6(13,14)15/h1H2. The SMILES string of the molecule is O=P1(OCC(F)(F)F)OC(C(F)(F)F)=C(C(F)(F)F)O1. The summed E-state index contributed by atoms with van der Waals surface area (Å²) in [5.41, 5.74) is 0. The van der Waals surface area contributed by atoms with Gasteiger partial charge in [-0.05, 0) is 0 Å². The highest BCUT2D eigenvalue weighted by Gasteiger charge is 2.60. The fourth-order valence-electron chi connectivity index (χ4n) is 0.891. The van der Waals surface area contributed by atoms with Gasteiger partial charge in [0.2, 0.25) is 0 Å². The molecule has 0 aliphatic carbocycles. The number of alkyl halides is 9. The van der Waals surface area contributed by atoms with Gasteiger partial charge in [0.25, 0.3) is 11.5 Å². The highest BCUT2D eigenvalue weighted by Crippen LogP contribution is 2.63. The lowest BCUT2D eigenvalue weighted by molar-refractivity contribution is -0.158. The molecule has 0 bridgehead atoms. The van der Waals surface area contributed by atoms with Crippen LogP contribution in [0.15, 0.2) is 11.5 Å². The van der Waals surface area contributed by atoms with Gasteiger partial charge in [-0.1, -0.05) is 0 Å². The summed E-state index contributed by atoms with van der Waals surface area (Å²) in [4.78, 5) is 0. The van der Waals surface area contributed by atoms with Gasteiger partial charge in [-0.15, -0.1) is 0 Å². The maximum atomic E-state index is 12.2. The average molecular weight is 340 g/mol. The Hall–Kier alpha value is -1.10. The fourth-order valence-corrected chi connectivity index (χ4v) is 2.16. The molecule has 20 heavy (non-hydrogen) atoms. The Labute approximate surface area is 103 Å². The Bertz CT molecular complexity index is 429. The Kier molecular flexibility index (Phi) is 4.00. The van der Waals surface area contributed by atoms with E-state index in [4.69, 9.17) is 0 Å². The van der Waals surface area contributed by atoms with E-state index in [9.17, 15) is 44.1 Å². The molecule has 0 radical (unpaired) electrons. The van der Waals surface area contributed by atoms with Crippen molar-refractivity contribution < 1.29 is 57.7 Å². The quantitative estimate of drug-likeness (QED) is 0.562. The topological polar surface area (TPSA) is 44.8 Å². The number of rotatable bonds is 2. The van der Waals surface area contributed by atoms with Gasteiger partial charge in [-0.25, -0.2) is 4.57 Å². The molecule has 1 aliphatic heterocycles. The highest BCUT2D eigenvalue weighted by molar-refractivity contribution is 7.49. The van der Waals surface area contributed by atoms with Gasteiger partial charge in [-0.3, -0.25) is 4.52 Å². The van der Waals surface area contributed by atoms with Crippen LogP contribution in [0.4, 0.5) is 39.5 Å². The molecule has 1 rings (SSSR count). The molecule has 0 amide bonds. The minimum absolute atomic E-state index is 2.42. The minimum atomic E-state index is -5.78. The molecule has 118 valence electrons. The first kappa shape index (κ1) is 17.0. The molecule has 0 unspecified atom stereocenters. The van der Waals surface area contributed by atoms with Crippen LogP contribution in [0, 0.1) is 0 Å². The molecule has 0 aromatic heterocycles. The van der Waals surface area contributed by atoms with E-state index in [1.54, 1.807) is 0 Å². The lowest BCUT2D eigenvalue weighted by Crippen LogP contribution is -2.20. The molecule has 0 N–H and O–H groups in total. The van der Waals surface area contributed by atoms with Crippen LogP contribution >= 0.6 is 7.82 Å². The zero-order chi connectivity index (χ0) is 16.0.